The summed E-state index contributed by atoms with van der Waals surface area (Å²) in [6.45, 7) is 0.350. The highest BCUT2D eigenvalue weighted by molar-refractivity contribution is 5.77. The predicted octanol–water partition coefficient (Wildman–Crippen LogP) is 3.90. The Labute approximate surface area is 168 Å². The third kappa shape index (κ3) is 3.69. The zero-order valence-electron chi connectivity index (χ0n) is 16.1. The third-order valence-electron chi connectivity index (χ3n) is 4.52. The number of pyridine rings is 2. The third-order valence-corrected chi connectivity index (χ3v) is 4.52. The monoisotopic (exact) mass is 385 g/mol. The highest BCUT2D eigenvalue weighted by Crippen LogP contribution is 2.31. The fourth-order valence-corrected chi connectivity index (χ4v) is 3.06. The zero-order chi connectivity index (χ0) is 20.2. The number of nitrogens with zero attached hydrogens (tertiary/aromatic N) is 4. The van der Waals surface area contributed by atoms with E-state index in [1.165, 1.54) is 0 Å². The molecule has 144 valence electrons. The fourth-order valence-electron chi connectivity index (χ4n) is 3.06. The second-order valence-electron chi connectivity index (χ2n) is 6.32. The molecule has 29 heavy (non-hydrogen) atoms. The number of rotatable bonds is 6. The molecule has 3 heterocycles. The number of methoxy groups -OCH3 is 1. The molecular formula is C22H19N5O2. The number of hydrogen-bond donors (Lipinski definition) is 1. The summed E-state index contributed by atoms with van der Waals surface area (Å²) < 4.78 is 13.0. The van der Waals surface area contributed by atoms with Crippen LogP contribution in [0, 0.1) is 11.3 Å². The minimum absolute atomic E-state index is 0.350. The van der Waals surface area contributed by atoms with Crippen LogP contribution in [0.4, 0.5) is 5.82 Å². The van der Waals surface area contributed by atoms with Crippen molar-refractivity contribution in [1.82, 2.24) is 14.4 Å². The van der Waals surface area contributed by atoms with Crippen LogP contribution < -0.4 is 14.8 Å². The van der Waals surface area contributed by atoms with Crippen molar-refractivity contribution < 1.29 is 9.47 Å². The first-order valence-corrected chi connectivity index (χ1v) is 9.04. The highest BCUT2D eigenvalue weighted by atomic mass is 16.5. The Morgan fingerprint density at radius 1 is 1.14 bits per heavy atom. The lowest BCUT2D eigenvalue weighted by Gasteiger charge is -2.09. The predicted molar refractivity (Wildman–Crippen MR) is 110 cm³/mol. The molecule has 0 radical (unpaired) electrons. The summed E-state index contributed by atoms with van der Waals surface area (Å²) in [5.74, 6) is 2.28. The molecule has 0 spiro atoms. The van der Waals surface area contributed by atoms with E-state index in [1.807, 2.05) is 54.0 Å². The minimum atomic E-state index is 0.350. The standard InChI is InChI=1S/C22H19N5O2/c1-24-22-21(26-20-10-15(12-23)8-9-27(20)22)16-4-3-5-18(11-16)29-14-17-6-7-19(28-2)13-25-17/h3-11,13,24H,14H2,1-2H3. The summed E-state index contributed by atoms with van der Waals surface area (Å²) in [6.07, 6.45) is 3.51. The van der Waals surface area contributed by atoms with Crippen LogP contribution in [0.25, 0.3) is 16.9 Å². The van der Waals surface area contributed by atoms with Gasteiger partial charge in [0.05, 0.1) is 30.6 Å². The highest BCUT2D eigenvalue weighted by Gasteiger charge is 2.14. The van der Waals surface area contributed by atoms with Gasteiger partial charge >= 0.3 is 0 Å². The van der Waals surface area contributed by atoms with E-state index < -0.39 is 0 Å². The quantitative estimate of drug-likeness (QED) is 0.542. The van der Waals surface area contributed by atoms with Crippen LogP contribution in [0.2, 0.25) is 0 Å². The van der Waals surface area contributed by atoms with Crippen LogP contribution in [-0.2, 0) is 6.61 Å². The van der Waals surface area contributed by atoms with Gasteiger partial charge in [-0.2, -0.15) is 5.26 Å². The van der Waals surface area contributed by atoms with Crippen molar-refractivity contribution in [2.24, 2.45) is 0 Å². The maximum Gasteiger partial charge on any atom is 0.140 e. The molecule has 0 aliphatic heterocycles. The molecule has 1 aromatic carbocycles. The summed E-state index contributed by atoms with van der Waals surface area (Å²) in [7, 11) is 3.46. The van der Waals surface area contributed by atoms with Crippen molar-refractivity contribution in [2.75, 3.05) is 19.5 Å². The molecule has 7 nitrogen and oxygen atoms in total. The molecule has 4 aromatic rings. The summed E-state index contributed by atoms with van der Waals surface area (Å²) in [5.41, 5.74) is 3.79. The molecule has 0 bridgehead atoms. The first-order chi connectivity index (χ1) is 14.2. The van der Waals surface area contributed by atoms with Gasteiger partial charge in [-0.25, -0.2) is 4.98 Å². The fraction of sp³-hybridized carbons (Fsp3) is 0.136. The van der Waals surface area contributed by atoms with E-state index in [0.717, 1.165) is 28.5 Å². The average Bonchev–Trinajstić information content (AvgIpc) is 3.16. The minimum Gasteiger partial charge on any atom is -0.495 e. The summed E-state index contributed by atoms with van der Waals surface area (Å²) >= 11 is 0. The number of hydrogen-bond acceptors (Lipinski definition) is 6. The van der Waals surface area contributed by atoms with Crippen LogP contribution in [0.1, 0.15) is 11.3 Å². The van der Waals surface area contributed by atoms with Crippen molar-refractivity contribution in [3.05, 3.63) is 72.2 Å². The lowest BCUT2D eigenvalue weighted by molar-refractivity contribution is 0.301. The molecule has 3 aromatic heterocycles. The number of nitriles is 1. The topological polar surface area (TPSA) is 84.5 Å². The number of nitrogens with one attached hydrogen (secondary N) is 1. The van der Waals surface area contributed by atoms with Crippen LogP contribution in [0.15, 0.2) is 60.9 Å². The second-order valence-corrected chi connectivity index (χ2v) is 6.32. The molecule has 4 rings (SSSR count). The largest absolute Gasteiger partial charge is 0.495 e. The van der Waals surface area contributed by atoms with Crippen molar-refractivity contribution in [3.8, 4) is 28.8 Å². The molecule has 0 atom stereocenters. The Morgan fingerprint density at radius 3 is 2.76 bits per heavy atom. The lowest BCUT2D eigenvalue weighted by Crippen LogP contribution is -1.99. The van der Waals surface area contributed by atoms with Gasteiger partial charge in [-0.1, -0.05) is 12.1 Å². The van der Waals surface area contributed by atoms with Crippen LogP contribution in [0.3, 0.4) is 0 Å². The van der Waals surface area contributed by atoms with Gasteiger partial charge in [0.1, 0.15) is 35.3 Å². The Morgan fingerprint density at radius 2 is 2.03 bits per heavy atom. The molecule has 0 aliphatic carbocycles. The van der Waals surface area contributed by atoms with Gasteiger partial charge in [0.2, 0.25) is 0 Å². The van der Waals surface area contributed by atoms with Crippen molar-refractivity contribution in [3.63, 3.8) is 0 Å². The van der Waals surface area contributed by atoms with Crippen molar-refractivity contribution in [2.45, 2.75) is 6.61 Å². The molecule has 0 unspecified atom stereocenters. The van der Waals surface area contributed by atoms with E-state index in [9.17, 15) is 0 Å². The first-order valence-electron chi connectivity index (χ1n) is 9.04. The van der Waals surface area contributed by atoms with Gasteiger partial charge in [0.25, 0.3) is 0 Å². The zero-order valence-corrected chi connectivity index (χ0v) is 16.1. The smallest absolute Gasteiger partial charge is 0.140 e. The van der Waals surface area contributed by atoms with Gasteiger partial charge in [-0.3, -0.25) is 9.38 Å². The van der Waals surface area contributed by atoms with Crippen LogP contribution >= 0.6 is 0 Å². The summed E-state index contributed by atoms with van der Waals surface area (Å²) in [5, 5.41) is 12.3. The molecule has 1 N–H and O–H groups in total. The van der Waals surface area contributed by atoms with E-state index in [0.29, 0.717) is 23.6 Å². The van der Waals surface area contributed by atoms with Gasteiger partial charge in [-0.05, 0) is 36.4 Å². The normalized spacial score (nSPS) is 10.5. The van der Waals surface area contributed by atoms with Crippen LogP contribution in [-0.4, -0.2) is 28.5 Å². The molecule has 7 heteroatoms. The van der Waals surface area contributed by atoms with Gasteiger partial charge in [-0.15, -0.1) is 0 Å². The summed E-state index contributed by atoms with van der Waals surface area (Å²) in [4.78, 5) is 9.02. The number of imidazole rings is 1. The molecule has 0 aliphatic rings. The van der Waals surface area contributed by atoms with Gasteiger partial charge in [0.15, 0.2) is 0 Å². The Hall–Kier alpha value is -4.05. The first kappa shape index (κ1) is 18.3. The van der Waals surface area contributed by atoms with E-state index >= 15 is 0 Å². The van der Waals surface area contributed by atoms with Gasteiger partial charge in [0, 0.05) is 18.8 Å². The Bertz CT molecular complexity index is 1190. The van der Waals surface area contributed by atoms with Crippen LogP contribution in [0.5, 0.6) is 11.5 Å². The molecular weight excluding hydrogens is 366 g/mol. The molecule has 0 amide bonds. The molecule has 0 saturated heterocycles. The SMILES string of the molecule is CNc1c(-c2cccc(OCc3ccc(OC)cn3)c2)nc2cc(C#N)ccn12. The number of ether oxygens (including phenoxy) is 2. The van der Waals surface area contributed by atoms with Crippen molar-refractivity contribution in [1.29, 1.82) is 5.26 Å². The van der Waals surface area contributed by atoms with E-state index in [4.69, 9.17) is 19.7 Å². The number of benzene rings is 1. The Balaban J connectivity index is 1.62. The maximum atomic E-state index is 9.13. The lowest BCUT2D eigenvalue weighted by atomic mass is 10.1. The number of fused-ring (bicyclic) bond motifs is 1. The van der Waals surface area contributed by atoms with E-state index in [1.54, 1.807) is 25.4 Å². The molecule has 0 saturated carbocycles. The number of anilines is 1. The van der Waals surface area contributed by atoms with Gasteiger partial charge < -0.3 is 14.8 Å². The second kappa shape index (κ2) is 7.90. The average molecular weight is 385 g/mol. The maximum absolute atomic E-state index is 9.13. The Kier molecular flexibility index (Phi) is 4.99. The molecule has 0 fully saturated rings. The number of aromatic nitrogens is 3. The summed E-state index contributed by atoms with van der Waals surface area (Å²) in [6, 6.07) is 17.1. The van der Waals surface area contributed by atoms with E-state index in [-0.39, 0.29) is 0 Å². The van der Waals surface area contributed by atoms with E-state index in [2.05, 4.69) is 16.4 Å². The van der Waals surface area contributed by atoms with Crippen molar-refractivity contribution >= 4 is 11.5 Å².